The van der Waals surface area contributed by atoms with E-state index in [1.54, 1.807) is 16.4 Å². The minimum atomic E-state index is -3.54. The summed E-state index contributed by atoms with van der Waals surface area (Å²) in [5.41, 5.74) is 3.30. The summed E-state index contributed by atoms with van der Waals surface area (Å²) in [4.78, 5) is 12.7. The summed E-state index contributed by atoms with van der Waals surface area (Å²) in [6.07, 6.45) is 1.05. The van der Waals surface area contributed by atoms with Crippen LogP contribution >= 0.6 is 0 Å². The molecule has 0 bridgehead atoms. The Morgan fingerprint density at radius 2 is 1.50 bits per heavy atom. The maximum absolute atomic E-state index is 13.0. The first-order valence-corrected chi connectivity index (χ1v) is 11.1. The van der Waals surface area contributed by atoms with Gasteiger partial charge in [-0.15, -0.1) is 0 Å². The summed E-state index contributed by atoms with van der Waals surface area (Å²) in [5, 5.41) is 2.87. The lowest BCUT2D eigenvalue weighted by Gasteiger charge is -2.34. The molecule has 0 aromatic heterocycles. The number of hydrogen-bond acceptors (Lipinski definition) is 3. The molecule has 2 atom stereocenters. The molecule has 1 aliphatic rings. The van der Waals surface area contributed by atoms with E-state index in [4.69, 9.17) is 0 Å². The van der Waals surface area contributed by atoms with E-state index in [0.29, 0.717) is 30.5 Å². The Balaban J connectivity index is 1.76. The van der Waals surface area contributed by atoms with E-state index in [1.807, 2.05) is 32.0 Å². The lowest BCUT2D eigenvalue weighted by Crippen LogP contribution is -2.42. The van der Waals surface area contributed by atoms with Crippen LogP contribution in [0.3, 0.4) is 0 Å². The summed E-state index contributed by atoms with van der Waals surface area (Å²) in [7, 11) is -3.54. The fourth-order valence-corrected chi connectivity index (χ4v) is 5.66. The predicted molar refractivity (Wildman–Crippen MR) is 112 cm³/mol. The van der Waals surface area contributed by atoms with Crippen LogP contribution in [0.15, 0.2) is 47.4 Å². The largest absolute Gasteiger partial charge is 0.322 e. The zero-order valence-electron chi connectivity index (χ0n) is 16.9. The summed E-state index contributed by atoms with van der Waals surface area (Å²) in [5.74, 6) is 0.442. The van der Waals surface area contributed by atoms with Gasteiger partial charge in [-0.05, 0) is 79.6 Å². The number of nitrogens with zero attached hydrogens (tertiary/aromatic N) is 1. The first-order valence-electron chi connectivity index (χ1n) is 9.65. The Bertz CT molecular complexity index is 938. The predicted octanol–water partition coefficient (Wildman–Crippen LogP) is 4.22. The smallest absolute Gasteiger partial charge is 0.255 e. The van der Waals surface area contributed by atoms with Gasteiger partial charge in [-0.2, -0.15) is 4.31 Å². The molecule has 3 rings (SSSR count). The first kappa shape index (κ1) is 20.6. The minimum Gasteiger partial charge on any atom is -0.322 e. The number of anilines is 1. The van der Waals surface area contributed by atoms with Gasteiger partial charge in [-0.3, -0.25) is 4.79 Å². The molecule has 28 heavy (non-hydrogen) atoms. The van der Waals surface area contributed by atoms with Crippen molar-refractivity contribution in [2.75, 3.05) is 18.4 Å². The standard InChI is InChI=1S/C22H28N2O3S/c1-15-9-16(2)12-20(11-15)23-22(25)19-5-7-21(8-6-19)28(26,27)24-13-17(3)10-18(4)14-24/h5-9,11-12,17-18H,10,13-14H2,1-4H3,(H,23,25). The Hall–Kier alpha value is -2.18. The van der Waals surface area contributed by atoms with E-state index < -0.39 is 10.0 Å². The fourth-order valence-electron chi connectivity index (χ4n) is 3.98. The number of benzene rings is 2. The Morgan fingerprint density at radius 1 is 0.964 bits per heavy atom. The molecule has 150 valence electrons. The molecule has 1 aliphatic heterocycles. The van der Waals surface area contributed by atoms with Crippen LogP contribution in [0.25, 0.3) is 0 Å². The molecule has 1 N–H and O–H groups in total. The van der Waals surface area contributed by atoms with Crippen molar-refractivity contribution in [1.82, 2.24) is 4.31 Å². The molecule has 1 amide bonds. The van der Waals surface area contributed by atoms with Crippen molar-refractivity contribution >= 4 is 21.6 Å². The second kappa shape index (κ2) is 8.05. The van der Waals surface area contributed by atoms with Gasteiger partial charge < -0.3 is 5.32 Å². The average molecular weight is 401 g/mol. The van der Waals surface area contributed by atoms with Gasteiger partial charge in [0.05, 0.1) is 4.90 Å². The number of amides is 1. The normalized spacial score (nSPS) is 20.7. The first-order chi connectivity index (χ1) is 13.1. The molecule has 2 aromatic rings. The third-order valence-electron chi connectivity index (χ3n) is 5.07. The zero-order chi connectivity index (χ0) is 20.5. The van der Waals surface area contributed by atoms with E-state index in [0.717, 1.165) is 23.2 Å². The van der Waals surface area contributed by atoms with Crippen molar-refractivity contribution < 1.29 is 13.2 Å². The highest BCUT2D eigenvalue weighted by atomic mass is 32.2. The number of nitrogens with one attached hydrogen (secondary N) is 1. The van der Waals surface area contributed by atoms with Gasteiger partial charge in [0.2, 0.25) is 10.0 Å². The minimum absolute atomic E-state index is 0.233. The number of sulfonamides is 1. The van der Waals surface area contributed by atoms with Crippen LogP contribution in [0.2, 0.25) is 0 Å². The van der Waals surface area contributed by atoms with E-state index in [-0.39, 0.29) is 10.8 Å². The van der Waals surface area contributed by atoms with E-state index in [9.17, 15) is 13.2 Å². The van der Waals surface area contributed by atoms with Crippen LogP contribution < -0.4 is 5.32 Å². The second-order valence-corrected chi connectivity index (χ2v) is 10.1. The van der Waals surface area contributed by atoms with Crippen molar-refractivity contribution in [2.24, 2.45) is 11.8 Å². The van der Waals surface area contributed by atoms with Crippen molar-refractivity contribution in [3.05, 3.63) is 59.2 Å². The van der Waals surface area contributed by atoms with Gasteiger partial charge in [0.15, 0.2) is 0 Å². The van der Waals surface area contributed by atoms with Gasteiger partial charge in [0, 0.05) is 24.3 Å². The van der Waals surface area contributed by atoms with Gasteiger partial charge in [0.1, 0.15) is 0 Å². The molecule has 0 saturated carbocycles. The highest BCUT2D eigenvalue weighted by Gasteiger charge is 2.31. The molecule has 1 heterocycles. The van der Waals surface area contributed by atoms with Crippen LogP contribution in [-0.4, -0.2) is 31.7 Å². The Labute approximate surface area is 167 Å². The van der Waals surface area contributed by atoms with Crippen molar-refractivity contribution in [1.29, 1.82) is 0 Å². The topological polar surface area (TPSA) is 66.5 Å². The number of carbonyl (C=O) groups is 1. The van der Waals surface area contributed by atoms with Crippen LogP contribution in [0, 0.1) is 25.7 Å². The van der Waals surface area contributed by atoms with Crippen LogP contribution in [0.1, 0.15) is 41.8 Å². The number of piperidine rings is 1. The molecule has 2 unspecified atom stereocenters. The maximum atomic E-state index is 13.0. The molecule has 2 aromatic carbocycles. The third-order valence-corrected chi connectivity index (χ3v) is 6.92. The lowest BCUT2D eigenvalue weighted by atomic mass is 9.94. The van der Waals surface area contributed by atoms with E-state index in [1.165, 1.54) is 12.1 Å². The quantitative estimate of drug-likeness (QED) is 0.835. The van der Waals surface area contributed by atoms with Crippen molar-refractivity contribution in [2.45, 2.75) is 39.0 Å². The van der Waals surface area contributed by atoms with Gasteiger partial charge >= 0.3 is 0 Å². The fraction of sp³-hybridized carbons (Fsp3) is 0.409. The number of hydrogen-bond donors (Lipinski definition) is 1. The van der Waals surface area contributed by atoms with Crippen LogP contribution in [0.4, 0.5) is 5.69 Å². The molecule has 0 radical (unpaired) electrons. The molecule has 5 nitrogen and oxygen atoms in total. The number of aryl methyl sites for hydroxylation is 2. The van der Waals surface area contributed by atoms with Gasteiger partial charge in [-0.1, -0.05) is 19.9 Å². The maximum Gasteiger partial charge on any atom is 0.255 e. The SMILES string of the molecule is Cc1cc(C)cc(NC(=O)c2ccc(S(=O)(=O)N3CC(C)CC(C)C3)cc2)c1. The summed E-state index contributed by atoms with van der Waals surface area (Å²) in [6.45, 7) is 9.20. The average Bonchev–Trinajstić information content (AvgIpc) is 2.60. The number of carbonyl (C=O) groups excluding carboxylic acids is 1. The molecular formula is C22H28N2O3S. The highest BCUT2D eigenvalue weighted by Crippen LogP contribution is 2.27. The second-order valence-electron chi connectivity index (χ2n) is 8.12. The third kappa shape index (κ3) is 4.62. The van der Waals surface area contributed by atoms with E-state index in [2.05, 4.69) is 19.2 Å². The monoisotopic (exact) mass is 400 g/mol. The van der Waals surface area contributed by atoms with Crippen molar-refractivity contribution in [3.63, 3.8) is 0 Å². The number of rotatable bonds is 4. The molecule has 1 fully saturated rings. The van der Waals surface area contributed by atoms with Crippen LogP contribution in [-0.2, 0) is 10.0 Å². The molecule has 0 aliphatic carbocycles. The Kier molecular flexibility index (Phi) is 5.91. The molecule has 1 saturated heterocycles. The van der Waals surface area contributed by atoms with E-state index >= 15 is 0 Å². The summed E-state index contributed by atoms with van der Waals surface area (Å²) >= 11 is 0. The van der Waals surface area contributed by atoms with Gasteiger partial charge in [0.25, 0.3) is 5.91 Å². The van der Waals surface area contributed by atoms with Crippen molar-refractivity contribution in [3.8, 4) is 0 Å². The molecule has 6 heteroatoms. The lowest BCUT2D eigenvalue weighted by molar-refractivity contribution is 0.102. The zero-order valence-corrected chi connectivity index (χ0v) is 17.7. The van der Waals surface area contributed by atoms with Crippen LogP contribution in [0.5, 0.6) is 0 Å². The van der Waals surface area contributed by atoms with Gasteiger partial charge in [-0.25, -0.2) is 8.42 Å². The summed E-state index contributed by atoms with van der Waals surface area (Å²) < 4.78 is 27.5. The Morgan fingerprint density at radius 3 is 2.04 bits per heavy atom. The summed E-state index contributed by atoms with van der Waals surface area (Å²) in [6, 6.07) is 12.0. The molecule has 0 spiro atoms. The highest BCUT2D eigenvalue weighted by molar-refractivity contribution is 7.89. The molecular weight excluding hydrogens is 372 g/mol.